The van der Waals surface area contributed by atoms with Crippen LogP contribution in [0.25, 0.3) is 11.1 Å². The molecule has 8 heteroatoms. The van der Waals surface area contributed by atoms with Crippen LogP contribution in [-0.4, -0.2) is 63.0 Å². The molecule has 1 aliphatic rings. The van der Waals surface area contributed by atoms with E-state index in [1.165, 1.54) is 12.4 Å². The van der Waals surface area contributed by atoms with Gasteiger partial charge in [-0.2, -0.15) is 5.10 Å². The van der Waals surface area contributed by atoms with Crippen LogP contribution in [-0.2, 0) is 11.2 Å². The summed E-state index contributed by atoms with van der Waals surface area (Å²) < 4.78 is 14.1. The van der Waals surface area contributed by atoms with Crippen molar-refractivity contribution >= 4 is 11.8 Å². The summed E-state index contributed by atoms with van der Waals surface area (Å²) in [6.07, 6.45) is 3.44. The van der Waals surface area contributed by atoms with E-state index in [1.54, 1.807) is 34.1 Å². The van der Waals surface area contributed by atoms with Crippen molar-refractivity contribution in [3.8, 4) is 11.1 Å². The Balaban J connectivity index is 1.55. The average molecular weight is 433 g/mol. The molecule has 0 saturated carbocycles. The second kappa shape index (κ2) is 9.55. The first kappa shape index (κ1) is 21.4. The number of hydrogen-bond acceptors (Lipinski definition) is 4. The molecule has 1 aliphatic heterocycles. The van der Waals surface area contributed by atoms with Gasteiger partial charge in [0.2, 0.25) is 11.7 Å². The van der Waals surface area contributed by atoms with E-state index in [1.807, 2.05) is 24.3 Å². The Morgan fingerprint density at radius 2 is 1.97 bits per heavy atom. The van der Waals surface area contributed by atoms with E-state index >= 15 is 0 Å². The van der Waals surface area contributed by atoms with Gasteiger partial charge in [0.15, 0.2) is 0 Å². The number of carbonyl (C=O) groups is 2. The summed E-state index contributed by atoms with van der Waals surface area (Å²) in [4.78, 5) is 33.3. The molecular weight excluding hydrogens is 409 g/mol. The molecule has 0 bridgehead atoms. The number of benzene rings is 2. The van der Waals surface area contributed by atoms with Gasteiger partial charge in [-0.05, 0) is 23.6 Å². The van der Waals surface area contributed by atoms with Crippen molar-refractivity contribution in [3.05, 3.63) is 84.7 Å². The highest BCUT2D eigenvalue weighted by atomic mass is 19.1. The maximum atomic E-state index is 14.1. The monoisotopic (exact) mass is 433 g/mol. The molecule has 32 heavy (non-hydrogen) atoms. The van der Waals surface area contributed by atoms with Crippen LogP contribution in [0.2, 0.25) is 0 Å². The summed E-state index contributed by atoms with van der Waals surface area (Å²) in [6.45, 7) is 5.27. The Morgan fingerprint density at radius 3 is 2.66 bits per heavy atom. The van der Waals surface area contributed by atoms with Crippen LogP contribution in [0.5, 0.6) is 0 Å². The van der Waals surface area contributed by atoms with Crippen molar-refractivity contribution in [2.24, 2.45) is 5.92 Å². The van der Waals surface area contributed by atoms with Crippen LogP contribution in [0.3, 0.4) is 0 Å². The van der Waals surface area contributed by atoms with Gasteiger partial charge in [-0.25, -0.2) is 9.37 Å². The van der Waals surface area contributed by atoms with Crippen LogP contribution in [0, 0.1) is 11.7 Å². The van der Waals surface area contributed by atoms with Gasteiger partial charge < -0.3 is 9.80 Å². The summed E-state index contributed by atoms with van der Waals surface area (Å²) >= 11 is 0. The number of aromatic amines is 1. The number of rotatable bonds is 6. The number of aromatic nitrogens is 3. The Labute approximate surface area is 185 Å². The maximum absolute atomic E-state index is 14.1. The molecule has 1 aromatic heterocycles. The Hall–Kier alpha value is -3.81. The van der Waals surface area contributed by atoms with E-state index < -0.39 is 5.92 Å². The van der Waals surface area contributed by atoms with Gasteiger partial charge in [-0.3, -0.25) is 14.7 Å². The first-order valence-corrected chi connectivity index (χ1v) is 10.4. The predicted octanol–water partition coefficient (Wildman–Crippen LogP) is 2.94. The Kier molecular flexibility index (Phi) is 6.39. The zero-order valence-electron chi connectivity index (χ0n) is 17.6. The Bertz CT molecular complexity index is 1100. The van der Waals surface area contributed by atoms with Gasteiger partial charge in [-0.1, -0.05) is 48.5 Å². The molecule has 7 nitrogen and oxygen atoms in total. The predicted molar refractivity (Wildman–Crippen MR) is 118 cm³/mol. The lowest BCUT2D eigenvalue weighted by Gasteiger charge is -2.23. The van der Waals surface area contributed by atoms with E-state index in [4.69, 9.17) is 0 Å². The molecule has 3 aromatic rings. The minimum absolute atomic E-state index is 0.0176. The molecule has 0 radical (unpaired) electrons. The zero-order valence-corrected chi connectivity index (χ0v) is 17.6. The quantitative estimate of drug-likeness (QED) is 0.606. The highest BCUT2D eigenvalue weighted by Gasteiger charge is 2.33. The number of nitrogens with zero attached hydrogens (tertiary/aromatic N) is 4. The second-order valence-electron chi connectivity index (χ2n) is 7.74. The number of halogens is 1. The molecular formula is C24H24FN5O2. The Morgan fingerprint density at radius 1 is 1.19 bits per heavy atom. The molecule has 0 spiro atoms. The van der Waals surface area contributed by atoms with Gasteiger partial charge in [0.05, 0.1) is 5.92 Å². The van der Waals surface area contributed by atoms with Gasteiger partial charge in [-0.15, -0.1) is 6.58 Å². The van der Waals surface area contributed by atoms with Crippen LogP contribution < -0.4 is 0 Å². The first-order chi connectivity index (χ1) is 15.6. The summed E-state index contributed by atoms with van der Waals surface area (Å²) in [5, 5.41) is 6.34. The number of carbonyl (C=O) groups excluding carboxylic acids is 2. The normalized spacial score (nSPS) is 16.7. The highest BCUT2D eigenvalue weighted by molar-refractivity contribution is 5.91. The number of nitrogens with one attached hydrogen (secondary N) is 1. The standard InChI is InChI=1S/C24H24FN5O2/c1-2-11-29-12-13-30(24(32)22-26-16-27-28-22)15-19(23(29)31)14-17-7-9-18(10-8-17)20-5-3-4-6-21(20)25/h2-10,16,19H,1,11-15H2,(H,26,27,28). The number of hydrogen-bond donors (Lipinski definition) is 1. The van der Waals surface area contributed by atoms with Crippen molar-refractivity contribution < 1.29 is 14.0 Å². The van der Waals surface area contributed by atoms with Crippen molar-refractivity contribution in [1.82, 2.24) is 25.0 Å². The molecule has 2 heterocycles. The smallest absolute Gasteiger partial charge is 0.291 e. The minimum atomic E-state index is -0.413. The van der Waals surface area contributed by atoms with Crippen LogP contribution in [0.4, 0.5) is 4.39 Å². The van der Waals surface area contributed by atoms with E-state index in [0.717, 1.165) is 11.1 Å². The molecule has 2 aromatic carbocycles. The van der Waals surface area contributed by atoms with Gasteiger partial charge in [0, 0.05) is 31.7 Å². The lowest BCUT2D eigenvalue weighted by atomic mass is 9.95. The lowest BCUT2D eigenvalue weighted by molar-refractivity contribution is -0.134. The first-order valence-electron chi connectivity index (χ1n) is 10.4. The highest BCUT2D eigenvalue weighted by Crippen LogP contribution is 2.24. The number of amides is 2. The zero-order chi connectivity index (χ0) is 22.5. The fourth-order valence-corrected chi connectivity index (χ4v) is 3.98. The van der Waals surface area contributed by atoms with E-state index in [-0.39, 0.29) is 30.0 Å². The van der Waals surface area contributed by atoms with Crippen molar-refractivity contribution in [1.29, 1.82) is 0 Å². The second-order valence-corrected chi connectivity index (χ2v) is 7.74. The molecule has 1 atom stereocenters. The van der Waals surface area contributed by atoms with Crippen LogP contribution >= 0.6 is 0 Å². The molecule has 1 N–H and O–H groups in total. The van der Waals surface area contributed by atoms with E-state index in [2.05, 4.69) is 21.8 Å². The fourth-order valence-electron chi connectivity index (χ4n) is 3.98. The molecule has 1 saturated heterocycles. The third-order valence-corrected chi connectivity index (χ3v) is 5.62. The van der Waals surface area contributed by atoms with Gasteiger partial charge in [0.25, 0.3) is 5.91 Å². The summed E-state index contributed by atoms with van der Waals surface area (Å²) in [6, 6.07) is 14.1. The van der Waals surface area contributed by atoms with E-state index in [9.17, 15) is 14.0 Å². The number of H-pyrrole nitrogens is 1. The van der Waals surface area contributed by atoms with Gasteiger partial charge >= 0.3 is 0 Å². The topological polar surface area (TPSA) is 82.2 Å². The minimum Gasteiger partial charge on any atom is -0.337 e. The summed E-state index contributed by atoms with van der Waals surface area (Å²) in [7, 11) is 0. The average Bonchev–Trinajstić information content (AvgIpc) is 3.30. The summed E-state index contributed by atoms with van der Waals surface area (Å²) in [5.74, 6) is -0.835. The largest absolute Gasteiger partial charge is 0.337 e. The van der Waals surface area contributed by atoms with Crippen molar-refractivity contribution in [2.75, 3.05) is 26.2 Å². The third-order valence-electron chi connectivity index (χ3n) is 5.62. The molecule has 1 fully saturated rings. The van der Waals surface area contributed by atoms with Gasteiger partial charge in [0.1, 0.15) is 12.1 Å². The maximum Gasteiger partial charge on any atom is 0.291 e. The summed E-state index contributed by atoms with van der Waals surface area (Å²) in [5.41, 5.74) is 2.25. The molecule has 1 unspecified atom stereocenters. The van der Waals surface area contributed by atoms with Crippen LogP contribution in [0.15, 0.2) is 67.5 Å². The molecule has 164 valence electrons. The third kappa shape index (κ3) is 4.59. The van der Waals surface area contributed by atoms with Crippen molar-refractivity contribution in [3.63, 3.8) is 0 Å². The molecule has 4 rings (SSSR count). The molecule has 2 amide bonds. The molecule has 0 aliphatic carbocycles. The lowest BCUT2D eigenvalue weighted by Crippen LogP contribution is -2.38. The SMILES string of the molecule is C=CCN1CCN(C(=O)c2ncn[nH]2)CC(Cc2ccc(-c3ccccc3F)cc2)C1=O. The fraction of sp³-hybridized carbons (Fsp3) is 0.250. The van der Waals surface area contributed by atoms with Crippen molar-refractivity contribution in [2.45, 2.75) is 6.42 Å². The van der Waals surface area contributed by atoms with Crippen LogP contribution in [0.1, 0.15) is 16.2 Å². The van der Waals surface area contributed by atoms with E-state index in [0.29, 0.717) is 31.6 Å².